The van der Waals surface area contributed by atoms with Crippen LogP contribution in [0.25, 0.3) is 10.9 Å². The Kier molecular flexibility index (Phi) is 1.59. The van der Waals surface area contributed by atoms with E-state index in [0.29, 0.717) is 6.54 Å². The van der Waals surface area contributed by atoms with Gasteiger partial charge in [0.2, 0.25) is 0 Å². The summed E-state index contributed by atoms with van der Waals surface area (Å²) in [4.78, 5) is 0. The van der Waals surface area contributed by atoms with Gasteiger partial charge in [0.15, 0.2) is 5.76 Å². The van der Waals surface area contributed by atoms with Crippen LogP contribution >= 0.6 is 0 Å². The zero-order valence-corrected chi connectivity index (χ0v) is 6.87. The van der Waals surface area contributed by atoms with E-state index in [1.807, 2.05) is 25.1 Å². The normalized spacial score (nSPS) is 10.8. The SMILES string of the molecule is Cc1cccc2c(CN)onc12. The predicted molar refractivity (Wildman–Crippen MR) is 46.6 cm³/mol. The predicted octanol–water partition coefficient (Wildman–Crippen LogP) is 1.59. The maximum atomic E-state index is 5.48. The van der Waals surface area contributed by atoms with Crippen molar-refractivity contribution >= 4 is 10.9 Å². The smallest absolute Gasteiger partial charge is 0.158 e. The molecule has 0 saturated carbocycles. The lowest BCUT2D eigenvalue weighted by Crippen LogP contribution is -1.93. The average molecular weight is 162 g/mol. The fourth-order valence-corrected chi connectivity index (χ4v) is 1.30. The molecule has 1 heterocycles. The maximum absolute atomic E-state index is 5.48. The minimum atomic E-state index is 0.403. The lowest BCUT2D eigenvalue weighted by molar-refractivity contribution is 0.392. The first kappa shape index (κ1) is 7.31. The van der Waals surface area contributed by atoms with Crippen LogP contribution in [0.3, 0.4) is 0 Å². The van der Waals surface area contributed by atoms with Gasteiger partial charge >= 0.3 is 0 Å². The van der Waals surface area contributed by atoms with E-state index in [9.17, 15) is 0 Å². The Balaban J connectivity index is 2.80. The van der Waals surface area contributed by atoms with E-state index < -0.39 is 0 Å². The largest absolute Gasteiger partial charge is 0.359 e. The van der Waals surface area contributed by atoms with Crippen LogP contribution in [0.2, 0.25) is 0 Å². The minimum Gasteiger partial charge on any atom is -0.359 e. The van der Waals surface area contributed by atoms with Gasteiger partial charge in [0.05, 0.1) is 6.54 Å². The third kappa shape index (κ3) is 0.905. The van der Waals surface area contributed by atoms with Gasteiger partial charge in [-0.1, -0.05) is 17.3 Å². The Hall–Kier alpha value is -1.35. The van der Waals surface area contributed by atoms with Crippen molar-refractivity contribution in [3.63, 3.8) is 0 Å². The van der Waals surface area contributed by atoms with E-state index in [1.54, 1.807) is 0 Å². The Bertz CT molecular complexity index is 406. The van der Waals surface area contributed by atoms with Gasteiger partial charge in [0.1, 0.15) is 5.52 Å². The highest BCUT2D eigenvalue weighted by Crippen LogP contribution is 2.20. The van der Waals surface area contributed by atoms with E-state index in [-0.39, 0.29) is 0 Å². The fraction of sp³-hybridized carbons (Fsp3) is 0.222. The molecule has 0 aliphatic rings. The molecular formula is C9H10N2O. The molecule has 0 atom stereocenters. The molecule has 2 N–H and O–H groups in total. The minimum absolute atomic E-state index is 0.403. The van der Waals surface area contributed by atoms with Gasteiger partial charge < -0.3 is 10.3 Å². The number of nitrogens with zero attached hydrogens (tertiary/aromatic N) is 1. The summed E-state index contributed by atoms with van der Waals surface area (Å²) in [6, 6.07) is 5.96. The molecule has 0 saturated heterocycles. The second kappa shape index (κ2) is 2.60. The van der Waals surface area contributed by atoms with Crippen LogP contribution in [-0.4, -0.2) is 5.16 Å². The maximum Gasteiger partial charge on any atom is 0.158 e. The van der Waals surface area contributed by atoms with Gasteiger partial charge in [-0.25, -0.2) is 0 Å². The van der Waals surface area contributed by atoms with E-state index in [1.165, 1.54) is 0 Å². The summed E-state index contributed by atoms with van der Waals surface area (Å²) in [6.45, 7) is 2.41. The molecule has 0 bridgehead atoms. The van der Waals surface area contributed by atoms with E-state index in [2.05, 4.69) is 5.16 Å². The van der Waals surface area contributed by atoms with Crippen molar-refractivity contribution in [2.75, 3.05) is 0 Å². The molecule has 0 radical (unpaired) electrons. The second-order valence-corrected chi connectivity index (χ2v) is 2.78. The molecule has 0 unspecified atom stereocenters. The van der Waals surface area contributed by atoms with Crippen molar-refractivity contribution in [1.82, 2.24) is 5.16 Å². The molecule has 0 aliphatic carbocycles. The Labute approximate surface area is 70.1 Å². The number of hydrogen-bond donors (Lipinski definition) is 1. The second-order valence-electron chi connectivity index (χ2n) is 2.78. The molecule has 2 rings (SSSR count). The first-order valence-corrected chi connectivity index (χ1v) is 3.87. The summed E-state index contributed by atoms with van der Waals surface area (Å²) in [6.07, 6.45) is 0. The van der Waals surface area contributed by atoms with Crippen molar-refractivity contribution in [1.29, 1.82) is 0 Å². The number of aryl methyl sites for hydroxylation is 1. The van der Waals surface area contributed by atoms with Crippen LogP contribution < -0.4 is 5.73 Å². The first-order valence-electron chi connectivity index (χ1n) is 3.87. The molecule has 1 aromatic heterocycles. The number of rotatable bonds is 1. The number of benzene rings is 1. The van der Waals surface area contributed by atoms with Crippen LogP contribution in [0.1, 0.15) is 11.3 Å². The lowest BCUT2D eigenvalue weighted by Gasteiger charge is -1.91. The quantitative estimate of drug-likeness (QED) is 0.692. The van der Waals surface area contributed by atoms with Crippen LogP contribution in [0.4, 0.5) is 0 Å². The van der Waals surface area contributed by atoms with Crippen molar-refractivity contribution in [2.45, 2.75) is 13.5 Å². The molecule has 0 spiro atoms. The van der Waals surface area contributed by atoms with Gasteiger partial charge in [0, 0.05) is 5.39 Å². The lowest BCUT2D eigenvalue weighted by atomic mass is 10.1. The summed E-state index contributed by atoms with van der Waals surface area (Å²) in [7, 11) is 0. The highest BCUT2D eigenvalue weighted by atomic mass is 16.5. The number of fused-ring (bicyclic) bond motifs is 1. The van der Waals surface area contributed by atoms with Crippen molar-refractivity contribution in [3.8, 4) is 0 Å². The number of nitrogens with two attached hydrogens (primary N) is 1. The van der Waals surface area contributed by atoms with Gasteiger partial charge in [-0.15, -0.1) is 0 Å². The fourth-order valence-electron chi connectivity index (χ4n) is 1.30. The van der Waals surface area contributed by atoms with E-state index >= 15 is 0 Å². The highest BCUT2D eigenvalue weighted by molar-refractivity contribution is 5.83. The van der Waals surface area contributed by atoms with Gasteiger partial charge in [-0.05, 0) is 18.6 Å². The van der Waals surface area contributed by atoms with Crippen molar-refractivity contribution < 1.29 is 4.52 Å². The molecule has 2 aromatic rings. The van der Waals surface area contributed by atoms with Crippen LogP contribution in [0.15, 0.2) is 22.7 Å². The van der Waals surface area contributed by atoms with Crippen molar-refractivity contribution in [3.05, 3.63) is 29.5 Å². The molecule has 62 valence electrons. The Morgan fingerprint density at radius 3 is 3.08 bits per heavy atom. The molecule has 1 aromatic carbocycles. The van der Waals surface area contributed by atoms with Crippen molar-refractivity contribution in [2.24, 2.45) is 5.73 Å². The summed E-state index contributed by atoms with van der Waals surface area (Å²) in [5.74, 6) is 0.758. The molecular weight excluding hydrogens is 152 g/mol. The summed E-state index contributed by atoms with van der Waals surface area (Å²) in [5.41, 5.74) is 7.51. The Morgan fingerprint density at radius 2 is 2.33 bits per heavy atom. The number of hydrogen-bond acceptors (Lipinski definition) is 3. The summed E-state index contributed by atoms with van der Waals surface area (Å²) < 4.78 is 5.07. The number of aromatic nitrogens is 1. The van der Waals surface area contributed by atoms with E-state index in [4.69, 9.17) is 10.3 Å². The molecule has 12 heavy (non-hydrogen) atoms. The Morgan fingerprint density at radius 1 is 1.50 bits per heavy atom. The van der Waals surface area contributed by atoms with Crippen LogP contribution in [-0.2, 0) is 6.54 Å². The molecule has 3 nitrogen and oxygen atoms in total. The van der Waals surface area contributed by atoms with Crippen LogP contribution in [0.5, 0.6) is 0 Å². The zero-order chi connectivity index (χ0) is 8.55. The van der Waals surface area contributed by atoms with Crippen LogP contribution in [0, 0.1) is 6.92 Å². The monoisotopic (exact) mass is 162 g/mol. The summed E-state index contributed by atoms with van der Waals surface area (Å²) >= 11 is 0. The zero-order valence-electron chi connectivity index (χ0n) is 6.87. The topological polar surface area (TPSA) is 52.0 Å². The summed E-state index contributed by atoms with van der Waals surface area (Å²) in [5, 5.41) is 4.96. The van der Waals surface area contributed by atoms with Gasteiger partial charge in [-0.2, -0.15) is 0 Å². The third-order valence-corrected chi connectivity index (χ3v) is 1.97. The highest BCUT2D eigenvalue weighted by Gasteiger charge is 2.06. The molecule has 0 fully saturated rings. The van der Waals surface area contributed by atoms with Gasteiger partial charge in [0.25, 0.3) is 0 Å². The third-order valence-electron chi connectivity index (χ3n) is 1.97. The first-order chi connectivity index (χ1) is 5.83. The van der Waals surface area contributed by atoms with Gasteiger partial charge in [-0.3, -0.25) is 0 Å². The molecule has 0 amide bonds. The average Bonchev–Trinajstić information content (AvgIpc) is 2.49. The molecule has 3 heteroatoms. The standard InChI is InChI=1S/C9H10N2O/c1-6-3-2-4-7-8(5-10)12-11-9(6)7/h2-4H,5,10H2,1H3. The molecule has 0 aliphatic heterocycles. The van der Waals surface area contributed by atoms with E-state index in [0.717, 1.165) is 22.2 Å².